The lowest BCUT2D eigenvalue weighted by Gasteiger charge is -2.17. The maximum atomic E-state index is 12.7. The fourth-order valence-electron chi connectivity index (χ4n) is 1.06. The van der Waals surface area contributed by atoms with Gasteiger partial charge in [0.1, 0.15) is 6.04 Å². The van der Waals surface area contributed by atoms with Crippen LogP contribution in [0.15, 0.2) is 9.98 Å². The predicted molar refractivity (Wildman–Crippen MR) is 50.1 cm³/mol. The van der Waals surface area contributed by atoms with Crippen LogP contribution in [-0.2, 0) is 0 Å². The maximum Gasteiger partial charge on any atom is 0.267 e. The molecule has 0 fully saturated rings. The molecule has 2 nitrogen and oxygen atoms in total. The molecule has 4 heteroatoms. The van der Waals surface area contributed by atoms with Crippen molar-refractivity contribution in [3.8, 4) is 0 Å². The van der Waals surface area contributed by atoms with Gasteiger partial charge in [0.05, 0.1) is 6.54 Å². The topological polar surface area (TPSA) is 24.7 Å². The molecule has 0 saturated heterocycles. The number of nitrogens with zero attached hydrogens (tertiary/aromatic N) is 2. The van der Waals surface area contributed by atoms with Gasteiger partial charge in [0, 0.05) is 12.6 Å². The van der Waals surface area contributed by atoms with Gasteiger partial charge in [-0.05, 0) is 26.0 Å². The van der Waals surface area contributed by atoms with Crippen LogP contribution in [0.2, 0.25) is 0 Å². The van der Waals surface area contributed by atoms with Crippen molar-refractivity contribution in [2.75, 3.05) is 6.54 Å². The monoisotopic (exact) mass is 188 g/mol. The zero-order chi connectivity index (χ0) is 9.90. The first kappa shape index (κ1) is 10.3. The lowest BCUT2D eigenvalue weighted by Crippen LogP contribution is -2.27. The quantitative estimate of drug-likeness (QED) is 0.635. The summed E-state index contributed by atoms with van der Waals surface area (Å²) in [5, 5.41) is 0. The molecule has 0 amide bonds. The van der Waals surface area contributed by atoms with E-state index in [0.717, 1.165) is 25.5 Å². The van der Waals surface area contributed by atoms with Gasteiger partial charge in [-0.2, -0.15) is 0 Å². The van der Waals surface area contributed by atoms with E-state index in [1.165, 1.54) is 6.92 Å². The minimum atomic E-state index is -2.73. The number of hydrogen-bond donors (Lipinski definition) is 0. The lowest BCUT2D eigenvalue weighted by molar-refractivity contribution is 0.00126. The molecule has 0 aromatic rings. The smallest absolute Gasteiger partial charge is 0.267 e. The Morgan fingerprint density at radius 1 is 1.62 bits per heavy atom. The maximum absolute atomic E-state index is 12.7. The summed E-state index contributed by atoms with van der Waals surface area (Å²) in [6.07, 6.45) is 3.40. The number of halogens is 2. The zero-order valence-electron chi connectivity index (χ0n) is 7.93. The van der Waals surface area contributed by atoms with Crippen LogP contribution >= 0.6 is 0 Å². The lowest BCUT2D eigenvalue weighted by atomic mass is 10.1. The Balaban J connectivity index is 2.59. The molecule has 1 rings (SSSR count). The minimum absolute atomic E-state index is 0.487. The van der Waals surface area contributed by atoms with Crippen LogP contribution in [0.3, 0.4) is 0 Å². The SMILES string of the molecule is CC(N=C1CCC=NC1)C(C)(F)F. The van der Waals surface area contributed by atoms with Crippen LogP contribution in [0.25, 0.3) is 0 Å². The summed E-state index contributed by atoms with van der Waals surface area (Å²) in [7, 11) is 0. The molecule has 74 valence electrons. The molecule has 1 atom stereocenters. The highest BCUT2D eigenvalue weighted by molar-refractivity contribution is 5.91. The van der Waals surface area contributed by atoms with Crippen LogP contribution in [-0.4, -0.2) is 30.4 Å². The molecule has 1 aliphatic rings. The molecule has 1 aliphatic heterocycles. The second-order valence-corrected chi connectivity index (χ2v) is 3.39. The van der Waals surface area contributed by atoms with Gasteiger partial charge in [-0.3, -0.25) is 9.98 Å². The van der Waals surface area contributed by atoms with Crippen LogP contribution < -0.4 is 0 Å². The van der Waals surface area contributed by atoms with Gasteiger partial charge in [-0.15, -0.1) is 0 Å². The van der Waals surface area contributed by atoms with Gasteiger partial charge in [0.15, 0.2) is 0 Å². The van der Waals surface area contributed by atoms with Crippen molar-refractivity contribution >= 4 is 11.9 Å². The normalized spacial score (nSPS) is 23.5. The van der Waals surface area contributed by atoms with Crippen LogP contribution in [0.4, 0.5) is 8.78 Å². The molecular weight excluding hydrogens is 174 g/mol. The van der Waals surface area contributed by atoms with Gasteiger partial charge >= 0.3 is 0 Å². The van der Waals surface area contributed by atoms with E-state index in [1.807, 2.05) is 6.21 Å². The Morgan fingerprint density at radius 3 is 2.77 bits per heavy atom. The van der Waals surface area contributed by atoms with Crippen molar-refractivity contribution in [1.29, 1.82) is 0 Å². The largest absolute Gasteiger partial charge is 0.292 e. The first-order chi connectivity index (χ1) is 6.00. The van der Waals surface area contributed by atoms with E-state index >= 15 is 0 Å². The number of rotatable bonds is 2. The summed E-state index contributed by atoms with van der Waals surface area (Å²) in [6.45, 7) is 2.82. The van der Waals surface area contributed by atoms with Gasteiger partial charge in [-0.25, -0.2) is 8.78 Å². The van der Waals surface area contributed by atoms with Crippen LogP contribution in [0.5, 0.6) is 0 Å². The molecule has 0 aliphatic carbocycles. The third kappa shape index (κ3) is 3.20. The van der Waals surface area contributed by atoms with Crippen LogP contribution in [0, 0.1) is 0 Å². The number of hydrogen-bond acceptors (Lipinski definition) is 2. The molecule has 13 heavy (non-hydrogen) atoms. The van der Waals surface area contributed by atoms with Gasteiger partial charge in [0.25, 0.3) is 5.92 Å². The Bertz CT molecular complexity index is 228. The van der Waals surface area contributed by atoms with Crippen molar-refractivity contribution in [3.05, 3.63) is 0 Å². The molecule has 0 spiro atoms. The van der Waals surface area contributed by atoms with Gasteiger partial charge in [-0.1, -0.05) is 0 Å². The number of aliphatic imine (C=N–C) groups is 2. The molecular formula is C9H14F2N2. The molecule has 0 bridgehead atoms. The molecule has 0 saturated carbocycles. The fraction of sp³-hybridized carbons (Fsp3) is 0.778. The Kier molecular flexibility index (Phi) is 3.12. The van der Waals surface area contributed by atoms with Crippen molar-refractivity contribution in [2.45, 2.75) is 38.7 Å². The first-order valence-electron chi connectivity index (χ1n) is 4.42. The average molecular weight is 188 g/mol. The molecule has 0 aromatic heterocycles. The minimum Gasteiger partial charge on any atom is -0.292 e. The van der Waals surface area contributed by atoms with Crippen molar-refractivity contribution < 1.29 is 8.78 Å². The highest BCUT2D eigenvalue weighted by Crippen LogP contribution is 2.20. The van der Waals surface area contributed by atoms with Crippen molar-refractivity contribution in [3.63, 3.8) is 0 Å². The second-order valence-electron chi connectivity index (χ2n) is 3.39. The summed E-state index contributed by atoms with van der Waals surface area (Å²) < 4.78 is 25.5. The standard InChI is InChI=1S/C9H14F2N2/c1-7(9(2,10)11)13-8-4-3-5-12-6-8/h5,7H,3-4,6H2,1-2H3. The van der Waals surface area contributed by atoms with Crippen molar-refractivity contribution in [2.24, 2.45) is 9.98 Å². The highest BCUT2D eigenvalue weighted by Gasteiger charge is 2.29. The second kappa shape index (κ2) is 3.94. The zero-order valence-corrected chi connectivity index (χ0v) is 7.93. The van der Waals surface area contributed by atoms with E-state index in [4.69, 9.17) is 0 Å². The molecule has 1 unspecified atom stereocenters. The molecule has 1 heterocycles. The predicted octanol–water partition coefficient (Wildman–Crippen LogP) is 2.34. The van der Waals surface area contributed by atoms with Gasteiger partial charge in [0.2, 0.25) is 0 Å². The van der Waals surface area contributed by atoms with E-state index in [9.17, 15) is 8.78 Å². The first-order valence-corrected chi connectivity index (χ1v) is 4.42. The molecule has 0 N–H and O–H groups in total. The summed E-state index contributed by atoms with van der Waals surface area (Å²) in [4.78, 5) is 7.95. The van der Waals surface area contributed by atoms with Crippen LogP contribution in [0.1, 0.15) is 26.7 Å². The van der Waals surface area contributed by atoms with E-state index in [0.29, 0.717) is 6.54 Å². The fourth-order valence-corrected chi connectivity index (χ4v) is 1.06. The average Bonchev–Trinajstić information content (AvgIpc) is 2.04. The summed E-state index contributed by atoms with van der Waals surface area (Å²) >= 11 is 0. The summed E-state index contributed by atoms with van der Waals surface area (Å²) in [5.41, 5.74) is 0.788. The highest BCUT2D eigenvalue weighted by atomic mass is 19.3. The Morgan fingerprint density at radius 2 is 2.31 bits per heavy atom. The third-order valence-corrected chi connectivity index (χ3v) is 2.07. The van der Waals surface area contributed by atoms with E-state index < -0.39 is 12.0 Å². The molecule has 0 radical (unpaired) electrons. The third-order valence-electron chi connectivity index (χ3n) is 2.07. The summed E-state index contributed by atoms with van der Waals surface area (Å²) in [5.74, 6) is -2.73. The van der Waals surface area contributed by atoms with E-state index in [2.05, 4.69) is 9.98 Å². The van der Waals surface area contributed by atoms with Gasteiger partial charge < -0.3 is 0 Å². The van der Waals surface area contributed by atoms with Crippen molar-refractivity contribution in [1.82, 2.24) is 0 Å². The van der Waals surface area contributed by atoms with E-state index in [-0.39, 0.29) is 0 Å². The van der Waals surface area contributed by atoms with E-state index in [1.54, 1.807) is 0 Å². The summed E-state index contributed by atoms with van der Waals surface area (Å²) in [6, 6.07) is -0.934. The Labute approximate surface area is 76.8 Å². The molecule has 0 aromatic carbocycles. The number of alkyl halides is 2. The Hall–Kier alpha value is -0.800.